The van der Waals surface area contributed by atoms with Crippen molar-refractivity contribution in [2.24, 2.45) is 0 Å². The van der Waals surface area contributed by atoms with E-state index in [1.165, 1.54) is 9.47 Å². The van der Waals surface area contributed by atoms with Crippen LogP contribution in [0.15, 0.2) is 33.9 Å². The van der Waals surface area contributed by atoms with Gasteiger partial charge >= 0.3 is 5.69 Å². The number of unbranched alkanes of at least 4 members (excludes halogenated alkanes) is 1. The lowest BCUT2D eigenvalue weighted by Crippen LogP contribution is -2.43. The van der Waals surface area contributed by atoms with Crippen molar-refractivity contribution in [1.29, 1.82) is 0 Å². The zero-order valence-electron chi connectivity index (χ0n) is 16.7. The van der Waals surface area contributed by atoms with Crippen LogP contribution in [0.2, 0.25) is 0 Å². The topological polar surface area (TPSA) is 110 Å². The molecule has 0 aliphatic heterocycles. The number of carbonyl (C=O) groups excluding carboxylic acids is 1. The maximum absolute atomic E-state index is 12.8. The van der Waals surface area contributed by atoms with E-state index < -0.39 is 17.2 Å². The molecule has 8 heteroatoms. The number of ether oxygens (including phenoxy) is 1. The normalized spacial score (nSPS) is 10.7. The minimum atomic E-state index is -0.674. The van der Waals surface area contributed by atoms with Gasteiger partial charge in [0.2, 0.25) is 0 Å². The van der Waals surface area contributed by atoms with Crippen molar-refractivity contribution in [3.63, 3.8) is 0 Å². The second-order valence-electron chi connectivity index (χ2n) is 6.65. The first-order valence-electron chi connectivity index (χ1n) is 9.51. The predicted molar refractivity (Wildman–Crippen MR) is 110 cm³/mol. The molecule has 3 N–H and O–H groups in total. The number of hydrogen-bond donors (Lipinski definition) is 2. The summed E-state index contributed by atoms with van der Waals surface area (Å²) in [6, 6.07) is 7.35. The first-order chi connectivity index (χ1) is 13.4. The summed E-state index contributed by atoms with van der Waals surface area (Å²) in [6.45, 7) is 6.23. The summed E-state index contributed by atoms with van der Waals surface area (Å²) < 4.78 is 6.89. The first kappa shape index (κ1) is 21.3. The van der Waals surface area contributed by atoms with E-state index in [2.05, 4.69) is 4.98 Å². The van der Waals surface area contributed by atoms with Gasteiger partial charge in [-0.3, -0.25) is 19.1 Å². The zero-order valence-corrected chi connectivity index (χ0v) is 16.7. The number of nitrogens with one attached hydrogen (secondary N) is 1. The molecule has 1 aromatic carbocycles. The number of nitrogens with two attached hydrogens (primary N) is 1. The molecule has 2 aromatic rings. The molecule has 0 unspecified atom stereocenters. The van der Waals surface area contributed by atoms with E-state index >= 15 is 0 Å². The molecule has 0 atom stereocenters. The maximum Gasteiger partial charge on any atom is 0.330 e. The molecule has 0 radical (unpaired) electrons. The van der Waals surface area contributed by atoms with Gasteiger partial charge in [0.25, 0.3) is 11.5 Å². The van der Waals surface area contributed by atoms with Crippen molar-refractivity contribution >= 4 is 17.4 Å². The average Bonchev–Trinajstić information content (AvgIpc) is 2.65. The number of rotatable bonds is 9. The van der Waals surface area contributed by atoms with Gasteiger partial charge in [-0.2, -0.15) is 0 Å². The SMILES string of the molecule is CCCCn1c(N)c(N(CCC)C(=O)COc2cccc(C)c2)c(=O)[nH]c1=O. The lowest BCUT2D eigenvalue weighted by Gasteiger charge is -2.24. The van der Waals surface area contributed by atoms with Gasteiger partial charge in [0.1, 0.15) is 11.6 Å². The number of aromatic nitrogens is 2. The van der Waals surface area contributed by atoms with E-state index in [9.17, 15) is 14.4 Å². The summed E-state index contributed by atoms with van der Waals surface area (Å²) in [5.41, 5.74) is 5.90. The highest BCUT2D eigenvalue weighted by atomic mass is 16.5. The number of aromatic amines is 1. The van der Waals surface area contributed by atoms with Crippen molar-refractivity contribution < 1.29 is 9.53 Å². The van der Waals surface area contributed by atoms with Crippen LogP contribution in [0.4, 0.5) is 11.5 Å². The number of anilines is 2. The molecule has 28 heavy (non-hydrogen) atoms. The molecule has 2 rings (SSSR count). The fourth-order valence-electron chi connectivity index (χ4n) is 2.89. The molecule has 0 fully saturated rings. The lowest BCUT2D eigenvalue weighted by molar-refractivity contribution is -0.120. The summed E-state index contributed by atoms with van der Waals surface area (Å²) in [5.74, 6) is 0.167. The molecular formula is C20H28N4O4. The largest absolute Gasteiger partial charge is 0.484 e. The van der Waals surface area contributed by atoms with Crippen LogP contribution in [0, 0.1) is 6.92 Å². The fraction of sp³-hybridized carbons (Fsp3) is 0.450. The molecule has 0 aliphatic carbocycles. The van der Waals surface area contributed by atoms with E-state index in [1.54, 1.807) is 6.07 Å². The number of benzene rings is 1. The number of carbonyl (C=O) groups is 1. The van der Waals surface area contributed by atoms with Gasteiger partial charge in [-0.1, -0.05) is 32.4 Å². The van der Waals surface area contributed by atoms with E-state index in [4.69, 9.17) is 10.5 Å². The van der Waals surface area contributed by atoms with E-state index in [0.29, 0.717) is 18.7 Å². The van der Waals surface area contributed by atoms with Crippen molar-refractivity contribution in [2.75, 3.05) is 23.8 Å². The standard InChI is InChI=1S/C20H28N4O4/c1-4-6-11-24-18(21)17(19(26)22-20(24)27)23(10-5-2)16(25)13-28-15-9-7-8-14(3)12-15/h7-9,12H,4-6,10-11,13,21H2,1-3H3,(H,22,26,27). The lowest BCUT2D eigenvalue weighted by atomic mass is 10.2. The number of H-pyrrole nitrogens is 1. The minimum absolute atomic E-state index is 0.000412. The summed E-state index contributed by atoms with van der Waals surface area (Å²) in [7, 11) is 0. The van der Waals surface area contributed by atoms with Crippen LogP contribution in [0.3, 0.4) is 0 Å². The van der Waals surface area contributed by atoms with Crippen LogP contribution in [-0.2, 0) is 11.3 Å². The number of nitrogens with zero attached hydrogens (tertiary/aromatic N) is 2. The van der Waals surface area contributed by atoms with Crippen LogP contribution in [0.1, 0.15) is 38.7 Å². The number of amides is 1. The van der Waals surface area contributed by atoms with Gasteiger partial charge in [-0.05, 0) is 37.5 Å². The summed E-state index contributed by atoms with van der Waals surface area (Å²) in [4.78, 5) is 40.9. The minimum Gasteiger partial charge on any atom is -0.484 e. The molecule has 0 bridgehead atoms. The van der Waals surface area contributed by atoms with Crippen molar-refractivity contribution in [2.45, 2.75) is 46.6 Å². The van der Waals surface area contributed by atoms with Crippen LogP contribution < -0.4 is 26.6 Å². The van der Waals surface area contributed by atoms with E-state index in [-0.39, 0.29) is 24.7 Å². The van der Waals surface area contributed by atoms with E-state index in [1.807, 2.05) is 39.0 Å². The van der Waals surface area contributed by atoms with Crippen molar-refractivity contribution in [3.8, 4) is 5.75 Å². The molecule has 8 nitrogen and oxygen atoms in total. The number of hydrogen-bond acceptors (Lipinski definition) is 5. The highest BCUT2D eigenvalue weighted by Crippen LogP contribution is 2.19. The second-order valence-corrected chi connectivity index (χ2v) is 6.65. The Bertz CT molecular complexity index is 933. The molecule has 0 spiro atoms. The van der Waals surface area contributed by atoms with Crippen LogP contribution in [0.25, 0.3) is 0 Å². The quantitative estimate of drug-likeness (QED) is 0.683. The highest BCUT2D eigenvalue weighted by Gasteiger charge is 2.24. The molecular weight excluding hydrogens is 360 g/mol. The summed E-state index contributed by atoms with van der Waals surface area (Å²) in [5, 5.41) is 0. The van der Waals surface area contributed by atoms with Gasteiger partial charge < -0.3 is 15.4 Å². The Balaban J connectivity index is 2.33. The molecule has 0 aliphatic rings. The monoisotopic (exact) mass is 388 g/mol. The Kier molecular flexibility index (Phi) is 7.43. The molecule has 0 saturated carbocycles. The third-order valence-electron chi connectivity index (χ3n) is 4.32. The zero-order chi connectivity index (χ0) is 20.7. The van der Waals surface area contributed by atoms with Gasteiger partial charge in [0.15, 0.2) is 12.3 Å². The Morgan fingerprint density at radius 1 is 1.25 bits per heavy atom. The second kappa shape index (κ2) is 9.77. The molecule has 1 amide bonds. The Morgan fingerprint density at radius 2 is 2.00 bits per heavy atom. The maximum atomic E-state index is 12.8. The van der Waals surface area contributed by atoms with Gasteiger partial charge in [0, 0.05) is 13.1 Å². The molecule has 152 valence electrons. The van der Waals surface area contributed by atoms with Crippen molar-refractivity contribution in [3.05, 3.63) is 50.7 Å². The molecule has 0 saturated heterocycles. The smallest absolute Gasteiger partial charge is 0.330 e. The highest BCUT2D eigenvalue weighted by molar-refractivity contribution is 5.96. The Morgan fingerprint density at radius 3 is 2.64 bits per heavy atom. The van der Waals surface area contributed by atoms with Crippen LogP contribution in [0.5, 0.6) is 5.75 Å². The average molecular weight is 388 g/mol. The van der Waals surface area contributed by atoms with Crippen LogP contribution >= 0.6 is 0 Å². The van der Waals surface area contributed by atoms with Gasteiger partial charge in [0.05, 0.1) is 0 Å². The van der Waals surface area contributed by atoms with E-state index in [0.717, 1.165) is 18.4 Å². The van der Waals surface area contributed by atoms with Crippen LogP contribution in [-0.4, -0.2) is 28.6 Å². The third-order valence-corrected chi connectivity index (χ3v) is 4.32. The Labute approximate surface area is 163 Å². The summed E-state index contributed by atoms with van der Waals surface area (Å²) in [6.07, 6.45) is 2.21. The first-order valence-corrected chi connectivity index (χ1v) is 9.51. The van der Waals surface area contributed by atoms with Gasteiger partial charge in [-0.15, -0.1) is 0 Å². The number of nitrogen functional groups attached to an aromatic ring is 1. The van der Waals surface area contributed by atoms with Crippen molar-refractivity contribution in [1.82, 2.24) is 9.55 Å². The third kappa shape index (κ3) is 5.03. The fourth-order valence-corrected chi connectivity index (χ4v) is 2.89. The van der Waals surface area contributed by atoms with Gasteiger partial charge in [-0.25, -0.2) is 4.79 Å². The Hall–Kier alpha value is -3.03. The number of aryl methyl sites for hydroxylation is 1. The predicted octanol–water partition coefficient (Wildman–Crippen LogP) is 2.05. The molecule has 1 heterocycles. The summed E-state index contributed by atoms with van der Waals surface area (Å²) >= 11 is 0. The molecule has 1 aromatic heterocycles.